The van der Waals surface area contributed by atoms with Crippen molar-refractivity contribution in [3.05, 3.63) is 58.9 Å². The zero-order valence-corrected chi connectivity index (χ0v) is 14.5. The largest absolute Gasteiger partial charge is 0.493 e. The normalized spacial score (nSPS) is 13.7. The van der Waals surface area contributed by atoms with Crippen molar-refractivity contribution in [1.82, 2.24) is 4.90 Å². The van der Waals surface area contributed by atoms with Gasteiger partial charge < -0.3 is 14.6 Å². The molecule has 0 spiro atoms. The molecule has 1 heterocycles. The molecule has 4 nitrogen and oxygen atoms in total. The second kappa shape index (κ2) is 8.32. The van der Waals surface area contributed by atoms with Gasteiger partial charge in [-0.2, -0.15) is 0 Å². The fourth-order valence-corrected chi connectivity index (χ4v) is 3.26. The Balaban J connectivity index is 1.52. The molecule has 0 aliphatic carbocycles. The van der Waals surface area contributed by atoms with Crippen molar-refractivity contribution >= 4 is 0 Å². The molecule has 25 heavy (non-hydrogen) atoms. The first-order valence-corrected chi connectivity index (χ1v) is 8.60. The number of fused-ring (bicyclic) bond motifs is 1. The van der Waals surface area contributed by atoms with E-state index in [1.165, 1.54) is 11.6 Å². The lowest BCUT2D eigenvalue weighted by Crippen LogP contribution is -2.18. The highest BCUT2D eigenvalue weighted by Crippen LogP contribution is 2.29. The summed E-state index contributed by atoms with van der Waals surface area (Å²) in [4.78, 5) is 2.28. The number of aryl methyl sites for hydroxylation is 1. The predicted octanol–water partition coefficient (Wildman–Crippen LogP) is 3.15. The number of benzene rings is 2. The van der Waals surface area contributed by atoms with Gasteiger partial charge in [0.15, 0.2) is 11.5 Å². The Kier molecular flexibility index (Phi) is 5.89. The molecule has 2 aromatic rings. The van der Waals surface area contributed by atoms with Crippen LogP contribution in [-0.2, 0) is 19.5 Å². The van der Waals surface area contributed by atoms with Gasteiger partial charge in [0.25, 0.3) is 0 Å². The van der Waals surface area contributed by atoms with Gasteiger partial charge in [0, 0.05) is 18.7 Å². The van der Waals surface area contributed by atoms with Crippen molar-refractivity contribution < 1.29 is 19.0 Å². The lowest BCUT2D eigenvalue weighted by Gasteiger charge is -2.15. The molecule has 1 N–H and O–H groups in total. The molecule has 0 atom stereocenters. The molecule has 0 radical (unpaired) electrons. The van der Waals surface area contributed by atoms with Gasteiger partial charge in [-0.1, -0.05) is 18.2 Å². The molecule has 0 bridgehead atoms. The SMILES string of the molecule is COc1cc(CCCN2Cc3cccc(F)c3C2)ccc1OCCO. The standard InChI is InChI=1S/C20H24FNO3/c1-24-20-12-15(7-8-19(20)25-11-10-23)4-3-9-22-13-16-5-2-6-18(21)17(16)14-22/h2,5-8,12,23H,3-4,9-11,13-14H2,1H3. The van der Waals surface area contributed by atoms with Crippen molar-refractivity contribution in [1.29, 1.82) is 0 Å². The Bertz CT molecular complexity index is 720. The quantitative estimate of drug-likeness (QED) is 0.798. The maximum Gasteiger partial charge on any atom is 0.161 e. The van der Waals surface area contributed by atoms with Crippen molar-refractivity contribution in [3.63, 3.8) is 0 Å². The fourth-order valence-electron chi connectivity index (χ4n) is 3.26. The first-order valence-electron chi connectivity index (χ1n) is 8.60. The van der Waals surface area contributed by atoms with Crippen LogP contribution in [0, 0.1) is 5.82 Å². The second-order valence-corrected chi connectivity index (χ2v) is 6.25. The molecular weight excluding hydrogens is 321 g/mol. The van der Waals surface area contributed by atoms with Gasteiger partial charge in [-0.05, 0) is 48.7 Å². The van der Waals surface area contributed by atoms with Crippen LogP contribution in [-0.4, -0.2) is 36.9 Å². The summed E-state index contributed by atoms with van der Waals surface area (Å²) in [5.41, 5.74) is 3.12. The van der Waals surface area contributed by atoms with E-state index in [-0.39, 0.29) is 19.0 Å². The van der Waals surface area contributed by atoms with Crippen molar-refractivity contribution in [2.75, 3.05) is 26.9 Å². The molecular formula is C20H24FNO3. The van der Waals surface area contributed by atoms with E-state index in [9.17, 15) is 4.39 Å². The minimum absolute atomic E-state index is 0.0241. The number of aliphatic hydroxyl groups is 1. The Morgan fingerprint density at radius 1 is 1.16 bits per heavy atom. The van der Waals surface area contributed by atoms with Crippen LogP contribution in [0.3, 0.4) is 0 Å². The molecule has 0 unspecified atom stereocenters. The second-order valence-electron chi connectivity index (χ2n) is 6.25. The highest BCUT2D eigenvalue weighted by Gasteiger charge is 2.21. The Hall–Kier alpha value is -2.11. The molecule has 2 aromatic carbocycles. The predicted molar refractivity (Wildman–Crippen MR) is 94.4 cm³/mol. The summed E-state index contributed by atoms with van der Waals surface area (Å²) in [5, 5.41) is 8.85. The number of halogens is 1. The van der Waals surface area contributed by atoms with Gasteiger partial charge in [-0.25, -0.2) is 4.39 Å². The molecule has 5 heteroatoms. The molecule has 0 fully saturated rings. The summed E-state index contributed by atoms with van der Waals surface area (Å²) >= 11 is 0. The highest BCUT2D eigenvalue weighted by molar-refractivity contribution is 5.43. The van der Waals surface area contributed by atoms with Crippen molar-refractivity contribution in [2.45, 2.75) is 25.9 Å². The molecule has 3 rings (SSSR count). The van der Waals surface area contributed by atoms with Crippen molar-refractivity contribution in [3.8, 4) is 11.5 Å². The topological polar surface area (TPSA) is 41.9 Å². The molecule has 0 amide bonds. The summed E-state index contributed by atoms with van der Waals surface area (Å²) in [6, 6.07) is 11.2. The van der Waals surface area contributed by atoms with E-state index in [0.717, 1.165) is 37.1 Å². The van der Waals surface area contributed by atoms with Gasteiger partial charge in [-0.15, -0.1) is 0 Å². The van der Waals surface area contributed by atoms with Crippen molar-refractivity contribution in [2.24, 2.45) is 0 Å². The highest BCUT2D eigenvalue weighted by atomic mass is 19.1. The first-order chi connectivity index (χ1) is 12.2. The lowest BCUT2D eigenvalue weighted by molar-refractivity contribution is 0.196. The van der Waals surface area contributed by atoms with Crippen LogP contribution in [0.2, 0.25) is 0 Å². The summed E-state index contributed by atoms with van der Waals surface area (Å²) in [6.07, 6.45) is 1.92. The number of hydrogen-bond acceptors (Lipinski definition) is 4. The Morgan fingerprint density at radius 2 is 2.04 bits per heavy atom. The number of methoxy groups -OCH3 is 1. The monoisotopic (exact) mass is 345 g/mol. The smallest absolute Gasteiger partial charge is 0.161 e. The summed E-state index contributed by atoms with van der Waals surface area (Å²) in [6.45, 7) is 2.67. The van der Waals surface area contributed by atoms with Crippen LogP contribution in [0.1, 0.15) is 23.1 Å². The average molecular weight is 345 g/mol. The van der Waals surface area contributed by atoms with E-state index >= 15 is 0 Å². The third-order valence-electron chi connectivity index (χ3n) is 4.51. The van der Waals surface area contributed by atoms with Gasteiger partial charge in [0.2, 0.25) is 0 Å². The van der Waals surface area contributed by atoms with E-state index in [0.29, 0.717) is 18.0 Å². The minimum atomic E-state index is -0.0943. The summed E-state index contributed by atoms with van der Waals surface area (Å²) in [7, 11) is 1.61. The summed E-state index contributed by atoms with van der Waals surface area (Å²) in [5.74, 6) is 1.23. The van der Waals surface area contributed by atoms with Crippen LogP contribution in [0.15, 0.2) is 36.4 Å². The van der Waals surface area contributed by atoms with E-state index in [1.807, 2.05) is 24.3 Å². The van der Waals surface area contributed by atoms with Gasteiger partial charge >= 0.3 is 0 Å². The fraction of sp³-hybridized carbons (Fsp3) is 0.400. The van der Waals surface area contributed by atoms with Gasteiger partial charge in [0.05, 0.1) is 13.7 Å². The van der Waals surface area contributed by atoms with E-state index in [4.69, 9.17) is 14.6 Å². The van der Waals surface area contributed by atoms with Gasteiger partial charge in [-0.3, -0.25) is 4.90 Å². The van der Waals surface area contributed by atoms with Crippen LogP contribution < -0.4 is 9.47 Å². The third-order valence-corrected chi connectivity index (χ3v) is 4.51. The Labute approximate surface area is 147 Å². The number of hydrogen-bond donors (Lipinski definition) is 1. The van der Waals surface area contributed by atoms with E-state index in [1.54, 1.807) is 13.2 Å². The van der Waals surface area contributed by atoms with Crippen LogP contribution in [0.25, 0.3) is 0 Å². The van der Waals surface area contributed by atoms with E-state index in [2.05, 4.69) is 4.90 Å². The number of rotatable bonds is 8. The molecule has 0 saturated carbocycles. The van der Waals surface area contributed by atoms with Crippen LogP contribution in [0.4, 0.5) is 4.39 Å². The number of nitrogens with zero attached hydrogens (tertiary/aromatic N) is 1. The molecule has 1 aliphatic rings. The average Bonchev–Trinajstić information content (AvgIpc) is 3.05. The maximum atomic E-state index is 13.8. The van der Waals surface area contributed by atoms with Crippen LogP contribution in [0.5, 0.6) is 11.5 Å². The number of aliphatic hydroxyl groups excluding tert-OH is 1. The summed E-state index contributed by atoms with van der Waals surface area (Å²) < 4.78 is 24.6. The van der Waals surface area contributed by atoms with Crippen LogP contribution >= 0.6 is 0 Å². The molecule has 134 valence electrons. The zero-order chi connectivity index (χ0) is 17.6. The van der Waals surface area contributed by atoms with Gasteiger partial charge in [0.1, 0.15) is 12.4 Å². The number of ether oxygens (including phenoxy) is 2. The molecule has 1 aliphatic heterocycles. The first kappa shape index (κ1) is 17.7. The minimum Gasteiger partial charge on any atom is -0.493 e. The molecule has 0 aromatic heterocycles. The lowest BCUT2D eigenvalue weighted by atomic mass is 10.1. The molecule has 0 saturated heterocycles. The Morgan fingerprint density at radius 3 is 2.80 bits per heavy atom. The van der Waals surface area contributed by atoms with E-state index < -0.39 is 0 Å². The zero-order valence-electron chi connectivity index (χ0n) is 14.5. The third kappa shape index (κ3) is 4.30. The maximum absolute atomic E-state index is 13.8.